The summed E-state index contributed by atoms with van der Waals surface area (Å²) in [6.45, 7) is 6.14. The number of carbonyl (C=O) groups is 3. The van der Waals surface area contributed by atoms with Gasteiger partial charge in [0.1, 0.15) is 54.7 Å². The molecule has 0 aromatic heterocycles. The van der Waals surface area contributed by atoms with Crippen molar-refractivity contribution in [1.29, 1.82) is 0 Å². The predicted octanol–water partition coefficient (Wildman–Crippen LogP) is 1.62. The zero-order chi connectivity index (χ0) is 64.0. The van der Waals surface area contributed by atoms with Crippen LogP contribution >= 0.6 is 12.0 Å². The summed E-state index contributed by atoms with van der Waals surface area (Å²) >= 11 is 0.866. The van der Waals surface area contributed by atoms with Gasteiger partial charge < -0.3 is 81.7 Å². The van der Waals surface area contributed by atoms with Crippen molar-refractivity contribution in [2.45, 2.75) is 150 Å². The molecule has 0 bridgehead atoms. The number of aliphatic hydroxyl groups is 10. The van der Waals surface area contributed by atoms with Gasteiger partial charge in [-0.3, -0.25) is 24.0 Å². The summed E-state index contributed by atoms with van der Waals surface area (Å²) in [4.78, 5) is 40.4. The number of amides is 2. The average molecular weight is 1260 g/mol. The SMILES string of the molecule is CC1(C)C(/C=C/C2=C(Oc3ccc(S(=O)(=O)O)cc3)C(=C/C=C3/N(CCCCSOO[O-])c4ccc(C(=O)NCC(O)C(O)C(O)C(O)CO)cc4C3(C)C)/CCC2)=[N+](CCCCCC(=O)O)c2ccc(C(=O)NCC(O)C(O)C(O)C(O)CO)cc21. The van der Waals surface area contributed by atoms with E-state index in [-0.39, 0.29) is 28.2 Å². The van der Waals surface area contributed by atoms with Crippen LogP contribution in [0.4, 0.5) is 11.4 Å². The first-order valence-corrected chi connectivity index (χ1v) is 30.8. The number of carboxylic acid groups (broad SMARTS) is 1. The number of rotatable bonds is 33. The fourth-order valence-corrected chi connectivity index (χ4v) is 11.7. The summed E-state index contributed by atoms with van der Waals surface area (Å²) < 4.78 is 47.3. The molecule has 0 saturated carbocycles. The molecule has 3 aromatic rings. The first kappa shape index (κ1) is 70.1. The molecule has 0 fully saturated rings. The number of nitrogens with zero attached hydrogens (tertiary/aromatic N) is 2. The van der Waals surface area contributed by atoms with Crippen molar-refractivity contribution in [2.75, 3.05) is 50.0 Å². The van der Waals surface area contributed by atoms with Crippen molar-refractivity contribution in [1.82, 2.24) is 10.6 Å². The monoisotopic (exact) mass is 1260 g/mol. The molecule has 6 rings (SSSR count). The number of aliphatic carboxylic acids is 1. The highest BCUT2D eigenvalue weighted by Gasteiger charge is 2.45. The third-order valence-electron chi connectivity index (χ3n) is 15.8. The summed E-state index contributed by atoms with van der Waals surface area (Å²) in [5.74, 6) is -0.979. The second-order valence-electron chi connectivity index (χ2n) is 22.6. The van der Waals surface area contributed by atoms with Crippen LogP contribution in [0.2, 0.25) is 0 Å². The molecule has 478 valence electrons. The van der Waals surface area contributed by atoms with Crippen molar-refractivity contribution in [3.05, 3.63) is 130 Å². The number of aliphatic hydroxyl groups excluding tert-OH is 10. The lowest BCUT2D eigenvalue weighted by molar-refractivity contribution is -0.777. The first-order valence-electron chi connectivity index (χ1n) is 28.5. The van der Waals surface area contributed by atoms with Crippen LogP contribution in [0.3, 0.4) is 0 Å². The fraction of sp³-hybridized carbons (Fsp3) is 0.500. The van der Waals surface area contributed by atoms with Gasteiger partial charge in [-0.2, -0.15) is 17.3 Å². The molecule has 87 heavy (non-hydrogen) atoms. The topological polar surface area (TPSA) is 409 Å². The minimum Gasteiger partial charge on any atom is -0.691 e. The number of hydrogen-bond donors (Lipinski definition) is 14. The molecule has 2 amide bonds. The van der Waals surface area contributed by atoms with Crippen LogP contribution < -0.4 is 25.5 Å². The van der Waals surface area contributed by atoms with E-state index in [9.17, 15) is 88.8 Å². The number of carbonyl (C=O) groups excluding carboxylic acids is 2. The Morgan fingerprint density at radius 3 is 1.89 bits per heavy atom. The van der Waals surface area contributed by atoms with Crippen LogP contribution in [-0.4, -0.2) is 191 Å². The summed E-state index contributed by atoms with van der Waals surface area (Å²) in [5, 5.41) is 128. The number of unbranched alkanes of at least 4 members (excludes halogenated alkanes) is 3. The van der Waals surface area contributed by atoms with E-state index in [1.807, 2.05) is 52.0 Å². The summed E-state index contributed by atoms with van der Waals surface area (Å²) in [6.07, 6.45) is -2.00. The second kappa shape index (κ2) is 31.5. The van der Waals surface area contributed by atoms with E-state index in [0.29, 0.717) is 76.0 Å². The number of ether oxygens (including phenoxy) is 1. The van der Waals surface area contributed by atoms with Crippen molar-refractivity contribution < 1.29 is 107 Å². The van der Waals surface area contributed by atoms with E-state index in [1.54, 1.807) is 36.4 Å². The molecule has 2 aliphatic heterocycles. The Labute approximate surface area is 508 Å². The first-order chi connectivity index (χ1) is 41.2. The van der Waals surface area contributed by atoms with Crippen molar-refractivity contribution in [3.8, 4) is 5.75 Å². The highest BCUT2D eigenvalue weighted by molar-refractivity contribution is 7.94. The maximum Gasteiger partial charge on any atom is 0.303 e. The summed E-state index contributed by atoms with van der Waals surface area (Å²) in [5.41, 5.74) is 5.09. The van der Waals surface area contributed by atoms with Crippen LogP contribution in [0.15, 0.2) is 112 Å². The van der Waals surface area contributed by atoms with Gasteiger partial charge in [0.15, 0.2) is 5.71 Å². The van der Waals surface area contributed by atoms with Crippen LogP contribution in [0, 0.1) is 0 Å². The van der Waals surface area contributed by atoms with Gasteiger partial charge in [-0.15, -0.1) is 0 Å². The Hall–Kier alpha value is -5.96. The van der Waals surface area contributed by atoms with E-state index in [2.05, 4.69) is 29.5 Å². The maximum atomic E-state index is 13.6. The molecule has 25 nitrogen and oxygen atoms in total. The van der Waals surface area contributed by atoms with Gasteiger partial charge in [0, 0.05) is 95.9 Å². The molecule has 0 spiro atoms. The molecule has 2 heterocycles. The fourth-order valence-electron chi connectivity index (χ4n) is 10.8. The van der Waals surface area contributed by atoms with Crippen molar-refractivity contribution >= 4 is 57.0 Å². The smallest absolute Gasteiger partial charge is 0.303 e. The third kappa shape index (κ3) is 17.7. The summed E-state index contributed by atoms with van der Waals surface area (Å²) in [7, 11) is -4.55. The van der Waals surface area contributed by atoms with Gasteiger partial charge in [-0.1, -0.05) is 19.9 Å². The number of nitrogens with one attached hydrogen (secondary N) is 2. The molecule has 1 aliphatic carbocycles. The summed E-state index contributed by atoms with van der Waals surface area (Å²) in [6, 6.07) is 15.5. The van der Waals surface area contributed by atoms with Gasteiger partial charge in [-0.25, -0.2) is 0 Å². The highest BCUT2D eigenvalue weighted by Crippen LogP contribution is 2.49. The lowest BCUT2D eigenvalue weighted by atomic mass is 9.80. The molecular formula is C60H80N4O21S2. The standard InChI is InChI=1S/C60H80N4O21S2/c1-59(2)41-29-37(57(77)61-31-45(67)52(73)54(75)47(69)33-65)14-22-43(41)63(26-7-5-6-13-51(71)72)49(59)24-16-35-11-10-12-36(56(35)83-39-18-20-40(21-19-39)87(80,81)82)17-25-50-60(3,4)42-30-38(15-23-44(42)64(50)27-8-9-28-86-85-84-79)58(78)62-32-46(68)53(74)55(76)48(70)34-66/h14-25,29-30,45-48,52-55,65-70,73-76H,5-13,26-28,31-34H2,1-4H3,(H4-,61,62,71,72,77,78,79,80,81,82). The minimum atomic E-state index is -4.55. The van der Waals surface area contributed by atoms with E-state index in [1.165, 1.54) is 24.3 Å². The van der Waals surface area contributed by atoms with Crippen LogP contribution in [0.5, 0.6) is 5.75 Å². The molecule has 8 atom stereocenters. The third-order valence-corrected chi connectivity index (χ3v) is 17.3. The molecule has 0 saturated heterocycles. The Morgan fingerprint density at radius 2 is 1.31 bits per heavy atom. The number of hydrogen-bond acceptors (Lipinski definition) is 21. The van der Waals surface area contributed by atoms with Gasteiger partial charge in [0.2, 0.25) is 5.69 Å². The second-order valence-corrected chi connectivity index (χ2v) is 24.8. The van der Waals surface area contributed by atoms with Crippen LogP contribution in [0.1, 0.15) is 117 Å². The van der Waals surface area contributed by atoms with Gasteiger partial charge in [-0.05, 0) is 142 Å². The van der Waals surface area contributed by atoms with E-state index in [4.69, 9.17) is 4.74 Å². The zero-order valence-electron chi connectivity index (χ0n) is 48.8. The molecular weight excluding hydrogens is 1180 g/mol. The van der Waals surface area contributed by atoms with Gasteiger partial charge in [0.05, 0.1) is 35.7 Å². The van der Waals surface area contributed by atoms with Crippen LogP contribution in [0.25, 0.3) is 0 Å². The minimum absolute atomic E-state index is 0.00123. The molecule has 27 heteroatoms. The lowest BCUT2D eigenvalue weighted by Crippen LogP contribution is -2.49. The van der Waals surface area contributed by atoms with Crippen molar-refractivity contribution in [2.24, 2.45) is 0 Å². The predicted molar refractivity (Wildman–Crippen MR) is 316 cm³/mol. The number of fused-ring (bicyclic) bond motifs is 2. The number of allylic oxidation sites excluding steroid dienone is 7. The number of carboxylic acids is 1. The van der Waals surface area contributed by atoms with Gasteiger partial charge >= 0.3 is 5.97 Å². The van der Waals surface area contributed by atoms with E-state index < -0.39 is 114 Å². The van der Waals surface area contributed by atoms with E-state index in [0.717, 1.165) is 57.1 Å². The quantitative estimate of drug-likeness (QED) is 0.0103. The molecule has 14 N–H and O–H groups in total. The van der Waals surface area contributed by atoms with Gasteiger partial charge in [0.25, 0.3) is 21.9 Å². The Bertz CT molecular complexity index is 3160. The lowest BCUT2D eigenvalue weighted by Gasteiger charge is -2.27. The molecule has 8 unspecified atom stereocenters. The maximum absolute atomic E-state index is 13.6. The van der Waals surface area contributed by atoms with E-state index >= 15 is 0 Å². The average Bonchev–Trinajstić information content (AvgIpc) is 1.62. The Morgan fingerprint density at radius 1 is 0.724 bits per heavy atom. The zero-order valence-corrected chi connectivity index (χ0v) is 50.4. The molecule has 0 radical (unpaired) electrons. The highest BCUT2D eigenvalue weighted by atomic mass is 32.2. The molecule has 3 aromatic carbocycles. The Kier molecular flexibility index (Phi) is 25.4. The normalized spacial score (nSPS) is 19.4. The molecule has 3 aliphatic rings. The van der Waals surface area contributed by atoms with Crippen LogP contribution in [-0.2, 0) is 35.1 Å². The van der Waals surface area contributed by atoms with Crippen molar-refractivity contribution in [3.63, 3.8) is 0 Å². The Balaban J connectivity index is 1.40. The number of benzene rings is 3. The number of anilines is 1. The largest absolute Gasteiger partial charge is 0.691 e.